The standard InChI is InChI=1S/C63H119N2O6P/c1-6-8-10-12-14-16-17-18-19-20-21-22-23-24-25-26-27-28-29-30-31-32-33-34-35-36-37-38-39-40-41-42-43-44-45-46-47-49-51-53-55-57-63(67)64-61(60-71-72(68,69)70-59-58-65(3,4)5)62(66)56-54-52-50-48-15-13-11-9-7-2/h15,17-18,20-21,23-24,48,54,56,61-62,66H,6-14,16,19,22,25-47,49-53,55,57-60H2,1-5H3,(H-,64,67,68,69)/b18-17-,21-20-,24-23-,48-15+,56-54+. The number of aliphatic hydroxyl groups excluding tert-OH is 1. The first kappa shape index (κ1) is 70.2. The third-order valence-corrected chi connectivity index (χ3v) is 14.7. The van der Waals surface area contributed by atoms with Gasteiger partial charge in [-0.1, -0.05) is 267 Å². The molecule has 72 heavy (non-hydrogen) atoms. The Morgan fingerprint density at radius 3 is 1.25 bits per heavy atom. The Morgan fingerprint density at radius 1 is 0.486 bits per heavy atom. The minimum Gasteiger partial charge on any atom is -0.756 e. The molecule has 0 aromatic heterocycles. The lowest BCUT2D eigenvalue weighted by Gasteiger charge is -2.29. The summed E-state index contributed by atoms with van der Waals surface area (Å²) in [6.45, 7) is 4.57. The molecule has 1 amide bonds. The molecule has 2 N–H and O–H groups in total. The Hall–Kier alpha value is -1.80. The zero-order chi connectivity index (χ0) is 52.7. The predicted octanol–water partition coefficient (Wildman–Crippen LogP) is 18.2. The first-order valence-electron chi connectivity index (χ1n) is 30.7. The van der Waals surface area contributed by atoms with Crippen molar-refractivity contribution in [1.82, 2.24) is 5.32 Å². The van der Waals surface area contributed by atoms with Crippen LogP contribution in [0.2, 0.25) is 0 Å². The summed E-state index contributed by atoms with van der Waals surface area (Å²) in [5, 5.41) is 13.7. The van der Waals surface area contributed by atoms with Crippen LogP contribution in [0.25, 0.3) is 0 Å². The fourth-order valence-electron chi connectivity index (χ4n) is 8.88. The molecule has 0 aliphatic carbocycles. The number of hydrogen-bond acceptors (Lipinski definition) is 6. The lowest BCUT2D eigenvalue weighted by atomic mass is 10.0. The number of rotatable bonds is 56. The molecule has 0 heterocycles. The smallest absolute Gasteiger partial charge is 0.268 e. The van der Waals surface area contributed by atoms with E-state index in [0.29, 0.717) is 17.4 Å². The average molecular weight is 1030 g/mol. The second-order valence-corrected chi connectivity index (χ2v) is 23.5. The van der Waals surface area contributed by atoms with Crippen molar-refractivity contribution in [3.63, 3.8) is 0 Å². The van der Waals surface area contributed by atoms with Gasteiger partial charge in [0.15, 0.2) is 0 Å². The summed E-state index contributed by atoms with van der Waals surface area (Å²) < 4.78 is 23.2. The van der Waals surface area contributed by atoms with Crippen molar-refractivity contribution in [2.45, 2.75) is 296 Å². The molecule has 0 radical (unpaired) electrons. The maximum Gasteiger partial charge on any atom is 0.268 e. The summed E-state index contributed by atoms with van der Waals surface area (Å²) >= 11 is 0. The van der Waals surface area contributed by atoms with Crippen molar-refractivity contribution in [1.29, 1.82) is 0 Å². The molecule has 422 valence electrons. The molecule has 9 heteroatoms. The largest absolute Gasteiger partial charge is 0.756 e. The van der Waals surface area contributed by atoms with Crippen LogP contribution in [-0.4, -0.2) is 68.5 Å². The number of amides is 1. The van der Waals surface area contributed by atoms with Crippen LogP contribution in [0.3, 0.4) is 0 Å². The van der Waals surface area contributed by atoms with Crippen LogP contribution in [0.1, 0.15) is 284 Å². The molecule has 0 aliphatic rings. The first-order valence-corrected chi connectivity index (χ1v) is 32.1. The van der Waals surface area contributed by atoms with E-state index in [-0.39, 0.29) is 12.5 Å². The van der Waals surface area contributed by atoms with E-state index in [1.165, 1.54) is 212 Å². The number of allylic oxidation sites excluding steroid dienone is 9. The molecular weight excluding hydrogens is 912 g/mol. The summed E-state index contributed by atoms with van der Waals surface area (Å²) in [5.74, 6) is -0.207. The van der Waals surface area contributed by atoms with Crippen LogP contribution in [0.4, 0.5) is 0 Å². The maximum absolute atomic E-state index is 12.9. The number of hydrogen-bond donors (Lipinski definition) is 2. The Morgan fingerprint density at radius 2 is 0.819 bits per heavy atom. The van der Waals surface area contributed by atoms with E-state index >= 15 is 0 Å². The summed E-state index contributed by atoms with van der Waals surface area (Å²) in [4.78, 5) is 25.3. The number of carbonyl (C=O) groups is 1. The number of nitrogens with zero attached hydrogens (tertiary/aromatic N) is 1. The second kappa shape index (κ2) is 54.0. The first-order chi connectivity index (χ1) is 35.0. The van der Waals surface area contributed by atoms with E-state index in [1.807, 2.05) is 27.2 Å². The highest BCUT2D eigenvalue weighted by Crippen LogP contribution is 2.38. The number of aliphatic hydroxyl groups is 1. The van der Waals surface area contributed by atoms with Gasteiger partial charge in [0.1, 0.15) is 13.2 Å². The summed E-state index contributed by atoms with van der Waals surface area (Å²) in [6, 6.07) is -0.900. The van der Waals surface area contributed by atoms with Crippen LogP contribution in [-0.2, 0) is 18.4 Å². The van der Waals surface area contributed by atoms with Gasteiger partial charge >= 0.3 is 0 Å². The maximum atomic E-state index is 12.9. The monoisotopic (exact) mass is 1030 g/mol. The summed E-state index contributed by atoms with van der Waals surface area (Å²) in [5.41, 5.74) is 0. The number of quaternary nitrogens is 1. The molecule has 0 aliphatic heterocycles. The molecule has 8 nitrogen and oxygen atoms in total. The van der Waals surface area contributed by atoms with Crippen molar-refractivity contribution in [3.05, 3.63) is 60.8 Å². The Balaban J connectivity index is 3.78. The van der Waals surface area contributed by atoms with E-state index in [2.05, 4.69) is 67.8 Å². The molecule has 3 atom stereocenters. The minimum absolute atomic E-state index is 0.00629. The predicted molar refractivity (Wildman–Crippen MR) is 311 cm³/mol. The van der Waals surface area contributed by atoms with Gasteiger partial charge in [-0.2, -0.15) is 0 Å². The van der Waals surface area contributed by atoms with Crippen LogP contribution < -0.4 is 10.2 Å². The van der Waals surface area contributed by atoms with Crippen molar-refractivity contribution >= 4 is 13.7 Å². The SMILES string of the molecule is CCCCC/C=C/CC/C=C/C(O)C(COP(=O)([O-])OCC[N+](C)(C)C)NC(=O)CCCCCCCCCCCCCCCCCCCCCCCCCCCC/C=C\C/C=C\C/C=C\CCCCCCC. The van der Waals surface area contributed by atoms with Gasteiger partial charge in [0, 0.05) is 6.42 Å². The van der Waals surface area contributed by atoms with Gasteiger partial charge in [-0.25, -0.2) is 0 Å². The van der Waals surface area contributed by atoms with E-state index < -0.39 is 26.6 Å². The third-order valence-electron chi connectivity index (χ3n) is 13.7. The third kappa shape index (κ3) is 55.9. The fraction of sp³-hybridized carbons (Fsp3) is 0.825. The molecule has 3 unspecified atom stereocenters. The highest BCUT2D eigenvalue weighted by Gasteiger charge is 2.23. The van der Waals surface area contributed by atoms with Crippen LogP contribution in [0.15, 0.2) is 60.8 Å². The van der Waals surface area contributed by atoms with Crippen molar-refractivity contribution in [2.75, 3.05) is 40.9 Å². The van der Waals surface area contributed by atoms with Gasteiger partial charge in [0.2, 0.25) is 5.91 Å². The molecule has 0 saturated heterocycles. The molecular formula is C63H119N2O6P. The van der Waals surface area contributed by atoms with Gasteiger partial charge in [0.05, 0.1) is 39.9 Å². The normalized spacial score (nSPS) is 14.3. The zero-order valence-corrected chi connectivity index (χ0v) is 49.0. The van der Waals surface area contributed by atoms with Crippen molar-refractivity contribution < 1.29 is 32.9 Å². The average Bonchev–Trinajstić information content (AvgIpc) is 3.34. The van der Waals surface area contributed by atoms with E-state index in [0.717, 1.165) is 51.4 Å². The van der Waals surface area contributed by atoms with E-state index in [4.69, 9.17) is 9.05 Å². The van der Waals surface area contributed by atoms with Gasteiger partial charge in [-0.15, -0.1) is 0 Å². The number of likely N-dealkylation sites (N-methyl/N-ethyl adjacent to an activating group) is 1. The lowest BCUT2D eigenvalue weighted by molar-refractivity contribution is -0.870. The fourth-order valence-corrected chi connectivity index (χ4v) is 9.61. The van der Waals surface area contributed by atoms with Gasteiger partial charge < -0.3 is 28.8 Å². The van der Waals surface area contributed by atoms with Crippen molar-refractivity contribution in [2.24, 2.45) is 0 Å². The van der Waals surface area contributed by atoms with Gasteiger partial charge in [-0.05, 0) is 70.6 Å². The summed E-state index contributed by atoms with van der Waals surface area (Å²) in [6.07, 6.45) is 73.6. The number of phosphoric acid groups is 1. The van der Waals surface area contributed by atoms with Crippen molar-refractivity contribution in [3.8, 4) is 0 Å². The van der Waals surface area contributed by atoms with Crippen LogP contribution >= 0.6 is 7.82 Å². The van der Waals surface area contributed by atoms with E-state index in [1.54, 1.807) is 6.08 Å². The van der Waals surface area contributed by atoms with Crippen LogP contribution in [0, 0.1) is 0 Å². The number of unbranched alkanes of at least 4 members (excludes halogenated alkanes) is 35. The summed E-state index contributed by atoms with van der Waals surface area (Å²) in [7, 11) is 1.25. The molecule has 0 aromatic rings. The minimum atomic E-state index is -4.59. The van der Waals surface area contributed by atoms with Crippen LogP contribution in [0.5, 0.6) is 0 Å². The topological polar surface area (TPSA) is 108 Å². The molecule has 0 fully saturated rings. The molecule has 0 rings (SSSR count). The quantitative estimate of drug-likeness (QED) is 0.0272. The zero-order valence-electron chi connectivity index (χ0n) is 48.1. The van der Waals surface area contributed by atoms with E-state index in [9.17, 15) is 19.4 Å². The Labute approximate surface area is 447 Å². The highest BCUT2D eigenvalue weighted by atomic mass is 31.2. The molecule has 0 aromatic carbocycles. The number of phosphoric ester groups is 1. The number of nitrogens with one attached hydrogen (secondary N) is 1. The lowest BCUT2D eigenvalue weighted by Crippen LogP contribution is -2.45. The van der Waals surface area contributed by atoms with Gasteiger partial charge in [-0.3, -0.25) is 9.36 Å². The number of carbonyl (C=O) groups excluding carboxylic acids is 1. The molecule has 0 bridgehead atoms. The molecule has 0 spiro atoms. The highest BCUT2D eigenvalue weighted by molar-refractivity contribution is 7.45. The Bertz CT molecular complexity index is 1360. The van der Waals surface area contributed by atoms with Gasteiger partial charge in [0.25, 0.3) is 7.82 Å². The molecule has 0 saturated carbocycles. The Kier molecular flexibility index (Phi) is 52.7. The second-order valence-electron chi connectivity index (χ2n) is 22.0.